The molecule has 1 rings (SSSR count). The van der Waals surface area contributed by atoms with Crippen LogP contribution in [0.3, 0.4) is 0 Å². The molecule has 0 fully saturated rings. The van der Waals surface area contributed by atoms with Crippen molar-refractivity contribution < 1.29 is 4.79 Å². The number of Topliss-reactive ketones (excluding diaryl/α,β-unsaturated/α-hetero) is 1. The van der Waals surface area contributed by atoms with Gasteiger partial charge in [-0.25, -0.2) is 0 Å². The summed E-state index contributed by atoms with van der Waals surface area (Å²) in [6, 6.07) is 3.81. The number of rotatable bonds is 6. The van der Waals surface area contributed by atoms with Crippen molar-refractivity contribution in [3.63, 3.8) is 0 Å². The Hall–Kier alpha value is -0.670. The average Bonchev–Trinajstić information content (AvgIpc) is 2.67. The van der Waals surface area contributed by atoms with Crippen LogP contribution in [0, 0.1) is 5.92 Å². The third-order valence-corrected chi connectivity index (χ3v) is 3.21. The van der Waals surface area contributed by atoms with E-state index in [1.54, 1.807) is 0 Å². The number of nitrogens with zero attached hydrogens (tertiary/aromatic N) is 1. The number of thiophene rings is 1. The van der Waals surface area contributed by atoms with Gasteiger partial charge in [-0.3, -0.25) is 9.69 Å². The molecule has 0 atom stereocenters. The molecule has 0 radical (unpaired) electrons. The van der Waals surface area contributed by atoms with Gasteiger partial charge in [-0.2, -0.15) is 0 Å². The minimum atomic E-state index is 0.233. The second kappa shape index (κ2) is 6.03. The predicted molar refractivity (Wildman–Crippen MR) is 65.6 cm³/mol. The third kappa shape index (κ3) is 4.58. The Labute approximate surface area is 95.9 Å². The quantitative estimate of drug-likeness (QED) is 0.694. The van der Waals surface area contributed by atoms with Crippen LogP contribution in [0.2, 0.25) is 0 Å². The molecule has 0 aliphatic heterocycles. The first-order valence-corrected chi connectivity index (χ1v) is 6.23. The average molecular weight is 225 g/mol. The fourth-order valence-electron chi connectivity index (χ4n) is 1.32. The van der Waals surface area contributed by atoms with Crippen molar-refractivity contribution >= 4 is 17.1 Å². The molecule has 0 N–H and O–H groups in total. The summed E-state index contributed by atoms with van der Waals surface area (Å²) in [6.45, 7) is 5.94. The standard InChI is InChI=1S/C12H19NOS/c1-10(2)6-7-13(3)9-11(14)12-5-4-8-15-12/h4-5,8,10H,6-7,9H2,1-3H3. The first-order valence-electron chi connectivity index (χ1n) is 5.35. The van der Waals surface area contributed by atoms with E-state index in [0.717, 1.165) is 17.8 Å². The van der Waals surface area contributed by atoms with Crippen LogP contribution in [-0.4, -0.2) is 30.8 Å². The number of ketones is 1. The molecule has 1 aromatic rings. The van der Waals surface area contributed by atoms with Crippen LogP contribution in [0.1, 0.15) is 29.9 Å². The summed E-state index contributed by atoms with van der Waals surface area (Å²) in [5.41, 5.74) is 0. The van der Waals surface area contributed by atoms with Gasteiger partial charge in [-0.05, 0) is 37.4 Å². The lowest BCUT2D eigenvalue weighted by atomic mass is 10.1. The molecule has 1 aromatic heterocycles. The van der Waals surface area contributed by atoms with E-state index in [1.165, 1.54) is 11.3 Å². The molecule has 2 nitrogen and oxygen atoms in total. The summed E-state index contributed by atoms with van der Waals surface area (Å²) < 4.78 is 0. The van der Waals surface area contributed by atoms with Gasteiger partial charge in [0.1, 0.15) is 0 Å². The predicted octanol–water partition coefficient (Wildman–Crippen LogP) is 2.91. The molecule has 3 heteroatoms. The molecule has 0 spiro atoms. The Morgan fingerprint density at radius 3 is 2.80 bits per heavy atom. The van der Waals surface area contributed by atoms with Gasteiger partial charge >= 0.3 is 0 Å². The topological polar surface area (TPSA) is 20.3 Å². The zero-order valence-electron chi connectivity index (χ0n) is 9.69. The van der Waals surface area contributed by atoms with Crippen molar-refractivity contribution in [3.8, 4) is 0 Å². The van der Waals surface area contributed by atoms with E-state index in [4.69, 9.17) is 0 Å². The summed E-state index contributed by atoms with van der Waals surface area (Å²) in [5, 5.41) is 1.95. The molecule has 1 heterocycles. The van der Waals surface area contributed by atoms with E-state index in [1.807, 2.05) is 24.6 Å². The van der Waals surface area contributed by atoms with Crippen LogP contribution < -0.4 is 0 Å². The molecule has 0 bridgehead atoms. The molecule has 0 aliphatic carbocycles. The van der Waals surface area contributed by atoms with Crippen LogP contribution in [0.5, 0.6) is 0 Å². The molecular formula is C12H19NOS. The number of likely N-dealkylation sites (N-methyl/N-ethyl adjacent to an activating group) is 1. The van der Waals surface area contributed by atoms with Gasteiger partial charge in [-0.15, -0.1) is 11.3 Å². The monoisotopic (exact) mass is 225 g/mol. The van der Waals surface area contributed by atoms with E-state index in [9.17, 15) is 4.79 Å². The number of hydrogen-bond donors (Lipinski definition) is 0. The number of carbonyl (C=O) groups excluding carboxylic acids is 1. The lowest BCUT2D eigenvalue weighted by molar-refractivity contribution is 0.0948. The maximum absolute atomic E-state index is 11.7. The van der Waals surface area contributed by atoms with E-state index in [2.05, 4.69) is 18.7 Å². The smallest absolute Gasteiger partial charge is 0.186 e. The fraction of sp³-hybridized carbons (Fsp3) is 0.583. The van der Waals surface area contributed by atoms with Gasteiger partial charge in [-0.1, -0.05) is 19.9 Å². The highest BCUT2D eigenvalue weighted by Crippen LogP contribution is 2.10. The van der Waals surface area contributed by atoms with Gasteiger partial charge in [0.15, 0.2) is 5.78 Å². The SMILES string of the molecule is CC(C)CCN(C)CC(=O)c1cccs1. The molecule has 0 aromatic carbocycles. The highest BCUT2D eigenvalue weighted by atomic mass is 32.1. The lowest BCUT2D eigenvalue weighted by Gasteiger charge is -2.16. The summed E-state index contributed by atoms with van der Waals surface area (Å²) in [4.78, 5) is 14.7. The highest BCUT2D eigenvalue weighted by Gasteiger charge is 2.10. The van der Waals surface area contributed by atoms with Gasteiger partial charge in [0.2, 0.25) is 0 Å². The Bertz CT molecular complexity index is 293. The third-order valence-electron chi connectivity index (χ3n) is 2.30. The van der Waals surface area contributed by atoms with Crippen LogP contribution >= 0.6 is 11.3 Å². The van der Waals surface area contributed by atoms with E-state index >= 15 is 0 Å². The Kier molecular flexibility index (Phi) is 4.99. The molecular weight excluding hydrogens is 206 g/mol. The molecule has 0 unspecified atom stereocenters. The van der Waals surface area contributed by atoms with Gasteiger partial charge in [0, 0.05) is 0 Å². The first-order chi connectivity index (χ1) is 7.09. The summed E-state index contributed by atoms with van der Waals surface area (Å²) in [6.07, 6.45) is 1.15. The van der Waals surface area contributed by atoms with E-state index in [0.29, 0.717) is 12.5 Å². The van der Waals surface area contributed by atoms with Gasteiger partial charge < -0.3 is 0 Å². The van der Waals surface area contributed by atoms with Crippen molar-refractivity contribution in [1.29, 1.82) is 0 Å². The van der Waals surface area contributed by atoms with Crippen molar-refractivity contribution in [2.45, 2.75) is 20.3 Å². The summed E-state index contributed by atoms with van der Waals surface area (Å²) >= 11 is 1.52. The van der Waals surface area contributed by atoms with E-state index in [-0.39, 0.29) is 5.78 Å². The molecule has 84 valence electrons. The first kappa shape index (κ1) is 12.4. The Morgan fingerprint density at radius 1 is 1.53 bits per heavy atom. The van der Waals surface area contributed by atoms with Crippen LogP contribution in [0.15, 0.2) is 17.5 Å². The van der Waals surface area contributed by atoms with E-state index < -0.39 is 0 Å². The number of hydrogen-bond acceptors (Lipinski definition) is 3. The minimum absolute atomic E-state index is 0.233. The minimum Gasteiger partial charge on any atom is -0.299 e. The summed E-state index contributed by atoms with van der Waals surface area (Å²) in [5.74, 6) is 0.931. The zero-order chi connectivity index (χ0) is 11.3. The molecule has 0 saturated heterocycles. The van der Waals surface area contributed by atoms with Crippen molar-refractivity contribution in [2.75, 3.05) is 20.1 Å². The van der Waals surface area contributed by atoms with Crippen LogP contribution in [0.25, 0.3) is 0 Å². The van der Waals surface area contributed by atoms with Gasteiger partial charge in [0.25, 0.3) is 0 Å². The molecule has 0 amide bonds. The summed E-state index contributed by atoms with van der Waals surface area (Å²) in [7, 11) is 2.01. The highest BCUT2D eigenvalue weighted by molar-refractivity contribution is 7.12. The van der Waals surface area contributed by atoms with Crippen molar-refractivity contribution in [3.05, 3.63) is 22.4 Å². The van der Waals surface area contributed by atoms with Crippen LogP contribution in [-0.2, 0) is 0 Å². The lowest BCUT2D eigenvalue weighted by Crippen LogP contribution is -2.27. The molecule has 0 saturated carbocycles. The van der Waals surface area contributed by atoms with Crippen molar-refractivity contribution in [1.82, 2.24) is 4.90 Å². The number of carbonyl (C=O) groups is 1. The van der Waals surface area contributed by atoms with Crippen molar-refractivity contribution in [2.24, 2.45) is 5.92 Å². The Morgan fingerprint density at radius 2 is 2.27 bits per heavy atom. The largest absolute Gasteiger partial charge is 0.299 e. The second-order valence-electron chi connectivity index (χ2n) is 4.32. The molecule has 0 aliphatic rings. The maximum Gasteiger partial charge on any atom is 0.186 e. The molecule has 15 heavy (non-hydrogen) atoms. The van der Waals surface area contributed by atoms with Gasteiger partial charge in [0.05, 0.1) is 11.4 Å². The van der Waals surface area contributed by atoms with Crippen LogP contribution in [0.4, 0.5) is 0 Å². The Balaban J connectivity index is 2.32. The maximum atomic E-state index is 11.7. The zero-order valence-corrected chi connectivity index (χ0v) is 10.5. The second-order valence-corrected chi connectivity index (χ2v) is 5.27. The normalized spacial score (nSPS) is 11.3. The fourth-order valence-corrected chi connectivity index (χ4v) is 1.97.